The molecule has 1 aliphatic carbocycles. The van der Waals surface area contributed by atoms with E-state index in [0.717, 1.165) is 31.6 Å². The van der Waals surface area contributed by atoms with Crippen LogP contribution in [0, 0.1) is 11.8 Å². The molecule has 1 atom stereocenters. The lowest BCUT2D eigenvalue weighted by atomic mass is 9.91. The second-order valence-electron chi connectivity index (χ2n) is 5.61. The number of carboxylic acids is 1. The van der Waals surface area contributed by atoms with Gasteiger partial charge in [0.25, 0.3) is 0 Å². The lowest BCUT2D eigenvalue weighted by Gasteiger charge is -2.15. The van der Waals surface area contributed by atoms with E-state index in [0.29, 0.717) is 0 Å². The molecule has 0 aromatic carbocycles. The molecule has 0 bridgehead atoms. The number of hydrogen-bond donors (Lipinski definition) is 1. The minimum Gasteiger partial charge on any atom is -0.481 e. The predicted octanol–water partition coefficient (Wildman–Crippen LogP) is 4.63. The normalized spacial score (nSPS) is 18.4. The highest BCUT2D eigenvalue weighted by atomic mass is 16.4. The van der Waals surface area contributed by atoms with Crippen molar-refractivity contribution >= 4 is 5.97 Å². The predicted molar refractivity (Wildman–Crippen MR) is 71.1 cm³/mol. The molecule has 1 aliphatic rings. The number of rotatable bonds is 9. The molecule has 0 radical (unpaired) electrons. The summed E-state index contributed by atoms with van der Waals surface area (Å²) in [5.41, 5.74) is 0. The molecule has 0 spiro atoms. The van der Waals surface area contributed by atoms with Gasteiger partial charge in [-0.1, -0.05) is 58.3 Å². The lowest BCUT2D eigenvalue weighted by Crippen LogP contribution is -2.14. The van der Waals surface area contributed by atoms with Crippen LogP contribution in [0.15, 0.2) is 0 Å². The fourth-order valence-electron chi connectivity index (χ4n) is 2.94. The fraction of sp³-hybridized carbons (Fsp3) is 0.933. The van der Waals surface area contributed by atoms with Crippen molar-refractivity contribution in [2.45, 2.75) is 77.6 Å². The first-order chi connectivity index (χ1) is 8.24. The summed E-state index contributed by atoms with van der Waals surface area (Å²) >= 11 is 0. The number of carboxylic acid groups (broad SMARTS) is 1. The molecule has 1 unspecified atom stereocenters. The van der Waals surface area contributed by atoms with Gasteiger partial charge in [-0.3, -0.25) is 4.79 Å². The molecular weight excluding hydrogens is 212 g/mol. The van der Waals surface area contributed by atoms with Gasteiger partial charge in [-0.2, -0.15) is 0 Å². The van der Waals surface area contributed by atoms with Crippen molar-refractivity contribution in [1.82, 2.24) is 0 Å². The Hall–Kier alpha value is -0.530. The summed E-state index contributed by atoms with van der Waals surface area (Å²) in [6.07, 6.45) is 13.1. The number of unbranched alkanes of at least 4 members (excludes halogenated alkanes) is 3. The minimum absolute atomic E-state index is 0.0764. The van der Waals surface area contributed by atoms with E-state index >= 15 is 0 Å². The van der Waals surface area contributed by atoms with E-state index in [1.807, 2.05) is 0 Å². The Morgan fingerprint density at radius 2 is 1.88 bits per heavy atom. The van der Waals surface area contributed by atoms with E-state index < -0.39 is 5.97 Å². The first kappa shape index (κ1) is 14.5. The molecule has 1 N–H and O–H groups in total. The van der Waals surface area contributed by atoms with Gasteiger partial charge >= 0.3 is 5.97 Å². The van der Waals surface area contributed by atoms with E-state index in [1.54, 1.807) is 0 Å². The molecule has 0 saturated heterocycles. The van der Waals surface area contributed by atoms with E-state index in [9.17, 15) is 9.90 Å². The average Bonchev–Trinajstić information content (AvgIpc) is 2.80. The van der Waals surface area contributed by atoms with Crippen molar-refractivity contribution in [2.75, 3.05) is 0 Å². The van der Waals surface area contributed by atoms with Crippen LogP contribution in [-0.4, -0.2) is 11.1 Å². The molecular formula is C15H28O2. The highest BCUT2D eigenvalue weighted by Crippen LogP contribution is 2.30. The Labute approximate surface area is 106 Å². The number of carbonyl (C=O) groups is 1. The molecule has 1 saturated carbocycles. The van der Waals surface area contributed by atoms with E-state index in [1.165, 1.54) is 44.9 Å². The summed E-state index contributed by atoms with van der Waals surface area (Å²) in [7, 11) is 0. The summed E-state index contributed by atoms with van der Waals surface area (Å²) in [5, 5.41) is 9.20. The third kappa shape index (κ3) is 6.09. The standard InChI is InChI=1S/C15H28O2/c1-2-3-4-5-10-14(15(16)17)12-11-13-8-6-7-9-13/h13-14H,2-12H2,1H3,(H,16,17). The Morgan fingerprint density at radius 3 is 2.47 bits per heavy atom. The minimum atomic E-state index is -0.570. The van der Waals surface area contributed by atoms with Gasteiger partial charge in [-0.25, -0.2) is 0 Å². The molecule has 17 heavy (non-hydrogen) atoms. The highest BCUT2D eigenvalue weighted by molar-refractivity contribution is 5.69. The SMILES string of the molecule is CCCCCCC(CCC1CCCC1)C(=O)O. The lowest BCUT2D eigenvalue weighted by molar-refractivity contribution is -0.142. The molecule has 0 aromatic heterocycles. The molecule has 1 rings (SSSR count). The monoisotopic (exact) mass is 240 g/mol. The molecule has 2 nitrogen and oxygen atoms in total. The summed E-state index contributed by atoms with van der Waals surface area (Å²) in [6.45, 7) is 2.19. The van der Waals surface area contributed by atoms with Gasteiger partial charge in [0.2, 0.25) is 0 Å². The van der Waals surface area contributed by atoms with Crippen LogP contribution in [0.25, 0.3) is 0 Å². The van der Waals surface area contributed by atoms with Gasteiger partial charge in [0.15, 0.2) is 0 Å². The molecule has 0 aromatic rings. The van der Waals surface area contributed by atoms with Gasteiger partial charge in [0.1, 0.15) is 0 Å². The van der Waals surface area contributed by atoms with Crippen molar-refractivity contribution < 1.29 is 9.90 Å². The summed E-state index contributed by atoms with van der Waals surface area (Å²) in [5.74, 6) is 0.180. The van der Waals surface area contributed by atoms with Crippen LogP contribution in [0.3, 0.4) is 0 Å². The Morgan fingerprint density at radius 1 is 1.18 bits per heavy atom. The zero-order chi connectivity index (χ0) is 12.5. The van der Waals surface area contributed by atoms with Crippen LogP contribution in [0.4, 0.5) is 0 Å². The Kier molecular flexibility index (Phi) is 7.30. The smallest absolute Gasteiger partial charge is 0.306 e. The van der Waals surface area contributed by atoms with Crippen LogP contribution < -0.4 is 0 Å². The maximum atomic E-state index is 11.2. The highest BCUT2D eigenvalue weighted by Gasteiger charge is 2.21. The molecule has 0 heterocycles. The summed E-state index contributed by atoms with van der Waals surface area (Å²) in [4.78, 5) is 11.2. The van der Waals surface area contributed by atoms with Crippen molar-refractivity contribution in [3.05, 3.63) is 0 Å². The second-order valence-corrected chi connectivity index (χ2v) is 5.61. The third-order valence-electron chi connectivity index (χ3n) is 4.15. The molecule has 2 heteroatoms. The van der Waals surface area contributed by atoms with Crippen molar-refractivity contribution in [2.24, 2.45) is 11.8 Å². The summed E-state index contributed by atoms with van der Waals surface area (Å²) in [6, 6.07) is 0. The third-order valence-corrected chi connectivity index (χ3v) is 4.15. The van der Waals surface area contributed by atoms with Crippen LogP contribution in [-0.2, 0) is 4.79 Å². The van der Waals surface area contributed by atoms with Crippen molar-refractivity contribution in [3.63, 3.8) is 0 Å². The van der Waals surface area contributed by atoms with Gasteiger partial charge in [-0.15, -0.1) is 0 Å². The van der Waals surface area contributed by atoms with Crippen molar-refractivity contribution in [3.8, 4) is 0 Å². The van der Waals surface area contributed by atoms with Crippen LogP contribution in [0.1, 0.15) is 77.6 Å². The molecule has 0 amide bonds. The zero-order valence-corrected chi connectivity index (χ0v) is 11.3. The Bertz CT molecular complexity index is 207. The zero-order valence-electron chi connectivity index (χ0n) is 11.3. The Balaban J connectivity index is 2.15. The summed E-state index contributed by atoms with van der Waals surface area (Å²) < 4.78 is 0. The van der Waals surface area contributed by atoms with Crippen LogP contribution in [0.5, 0.6) is 0 Å². The largest absolute Gasteiger partial charge is 0.481 e. The van der Waals surface area contributed by atoms with Gasteiger partial charge in [0, 0.05) is 0 Å². The van der Waals surface area contributed by atoms with E-state index in [2.05, 4.69) is 6.92 Å². The maximum absolute atomic E-state index is 11.2. The topological polar surface area (TPSA) is 37.3 Å². The quantitative estimate of drug-likeness (QED) is 0.597. The molecule has 0 aliphatic heterocycles. The van der Waals surface area contributed by atoms with Gasteiger partial charge in [-0.05, 0) is 25.2 Å². The number of hydrogen-bond acceptors (Lipinski definition) is 1. The second kappa shape index (κ2) is 8.54. The maximum Gasteiger partial charge on any atom is 0.306 e. The van der Waals surface area contributed by atoms with E-state index in [4.69, 9.17) is 0 Å². The van der Waals surface area contributed by atoms with Crippen LogP contribution >= 0.6 is 0 Å². The fourth-order valence-corrected chi connectivity index (χ4v) is 2.94. The average molecular weight is 240 g/mol. The van der Waals surface area contributed by atoms with Gasteiger partial charge < -0.3 is 5.11 Å². The van der Waals surface area contributed by atoms with E-state index in [-0.39, 0.29) is 5.92 Å². The van der Waals surface area contributed by atoms with Gasteiger partial charge in [0.05, 0.1) is 5.92 Å². The molecule has 1 fully saturated rings. The first-order valence-electron chi connectivity index (χ1n) is 7.46. The van der Waals surface area contributed by atoms with Crippen LogP contribution in [0.2, 0.25) is 0 Å². The first-order valence-corrected chi connectivity index (χ1v) is 7.46. The van der Waals surface area contributed by atoms with Crippen molar-refractivity contribution in [1.29, 1.82) is 0 Å². The number of aliphatic carboxylic acids is 1. The molecule has 100 valence electrons.